The van der Waals surface area contributed by atoms with E-state index < -0.39 is 0 Å². The molecule has 1 aromatic heterocycles. The van der Waals surface area contributed by atoms with Gasteiger partial charge < -0.3 is 5.11 Å². The Bertz CT molecular complexity index is 887. The van der Waals surface area contributed by atoms with Crippen molar-refractivity contribution in [1.82, 2.24) is 15.2 Å². The minimum atomic E-state index is 0.0980. The summed E-state index contributed by atoms with van der Waals surface area (Å²) in [7, 11) is 0. The van der Waals surface area contributed by atoms with E-state index in [1.54, 1.807) is 18.3 Å². The van der Waals surface area contributed by atoms with Crippen LogP contribution in [0.4, 0.5) is 5.95 Å². The van der Waals surface area contributed by atoms with Crippen molar-refractivity contribution in [3.05, 3.63) is 63.2 Å². The molecule has 0 amide bonds. The molecule has 0 radical (unpaired) electrons. The number of phenols is 1. The van der Waals surface area contributed by atoms with E-state index in [1.165, 1.54) is 6.21 Å². The van der Waals surface area contributed by atoms with Crippen molar-refractivity contribution in [1.29, 1.82) is 0 Å². The Kier molecular flexibility index (Phi) is 5.17. The summed E-state index contributed by atoms with van der Waals surface area (Å²) >= 11 is 6.63. The van der Waals surface area contributed by atoms with Crippen LogP contribution in [0, 0.1) is 0 Å². The maximum Gasteiger partial charge on any atom is 0.263 e. The highest BCUT2D eigenvalue weighted by Gasteiger charge is 2.06. The fraction of sp³-hybridized carbons (Fsp3) is 0. The second-order valence-electron chi connectivity index (χ2n) is 4.73. The van der Waals surface area contributed by atoms with Crippen LogP contribution in [0.5, 0.6) is 5.75 Å². The molecule has 120 valence electrons. The predicted octanol–water partition coefficient (Wildman–Crippen LogP) is 4.22. The molecule has 6 nitrogen and oxygen atoms in total. The van der Waals surface area contributed by atoms with E-state index in [-0.39, 0.29) is 11.7 Å². The first-order valence-corrected chi connectivity index (χ1v) is 8.44. The minimum Gasteiger partial charge on any atom is -0.506 e. The van der Waals surface area contributed by atoms with Crippen molar-refractivity contribution in [2.45, 2.75) is 0 Å². The number of hydrogen-bond acceptors (Lipinski definition) is 6. The van der Waals surface area contributed by atoms with E-state index in [0.717, 1.165) is 10.0 Å². The molecule has 2 N–H and O–H groups in total. The number of nitrogens with zero attached hydrogens (tertiary/aromatic N) is 4. The lowest BCUT2D eigenvalue weighted by atomic mass is 10.2. The van der Waals surface area contributed by atoms with Gasteiger partial charge in [-0.25, -0.2) is 10.4 Å². The zero-order valence-electron chi connectivity index (χ0n) is 12.2. The zero-order valence-corrected chi connectivity index (χ0v) is 15.4. The summed E-state index contributed by atoms with van der Waals surface area (Å²) in [6.45, 7) is 0. The normalized spacial score (nSPS) is 10.9. The van der Waals surface area contributed by atoms with Gasteiger partial charge in [0.05, 0.1) is 22.6 Å². The summed E-state index contributed by atoms with van der Waals surface area (Å²) in [6.07, 6.45) is 3.06. The molecule has 0 spiro atoms. The number of rotatable bonds is 4. The lowest BCUT2D eigenvalue weighted by Gasteiger charge is -2.04. The molecule has 0 saturated carbocycles. The molecule has 24 heavy (non-hydrogen) atoms. The van der Waals surface area contributed by atoms with E-state index >= 15 is 0 Å². The monoisotopic (exact) mass is 447 g/mol. The highest BCUT2D eigenvalue weighted by Crippen LogP contribution is 2.30. The molecule has 0 aliphatic heterocycles. The lowest BCUT2D eigenvalue weighted by molar-refractivity contribution is 0.471. The lowest BCUT2D eigenvalue weighted by Crippen LogP contribution is -2.00. The third-order valence-corrected chi connectivity index (χ3v) is 4.12. The summed E-state index contributed by atoms with van der Waals surface area (Å²) in [5.41, 5.74) is 4.88. The molecule has 8 heteroatoms. The molecule has 0 unspecified atom stereocenters. The van der Waals surface area contributed by atoms with Crippen molar-refractivity contribution in [3.63, 3.8) is 0 Å². The van der Waals surface area contributed by atoms with Crippen molar-refractivity contribution in [2.24, 2.45) is 5.10 Å². The van der Waals surface area contributed by atoms with Gasteiger partial charge in [-0.05, 0) is 28.1 Å². The SMILES string of the molecule is Oc1c(Br)cc(Br)cc1/C=N\Nc1nncc(-c2ccccc2)n1. The number of phenolic OH excluding ortho intramolecular Hbond substituents is 1. The van der Waals surface area contributed by atoms with Crippen molar-refractivity contribution in [2.75, 3.05) is 5.43 Å². The summed E-state index contributed by atoms with van der Waals surface area (Å²) in [4.78, 5) is 4.35. The summed E-state index contributed by atoms with van der Waals surface area (Å²) in [5.74, 6) is 0.363. The van der Waals surface area contributed by atoms with Gasteiger partial charge in [0, 0.05) is 15.6 Å². The molecule has 0 aliphatic carbocycles. The van der Waals surface area contributed by atoms with Crippen LogP contribution in [0.3, 0.4) is 0 Å². The first-order chi connectivity index (χ1) is 11.6. The predicted molar refractivity (Wildman–Crippen MR) is 100.0 cm³/mol. The number of hydrazone groups is 1. The maximum absolute atomic E-state index is 9.98. The average molecular weight is 449 g/mol. The van der Waals surface area contributed by atoms with Crippen molar-refractivity contribution < 1.29 is 5.11 Å². The second kappa shape index (κ2) is 7.50. The molecule has 0 fully saturated rings. The van der Waals surface area contributed by atoms with Crippen LogP contribution < -0.4 is 5.43 Å². The fourth-order valence-electron chi connectivity index (χ4n) is 1.94. The smallest absolute Gasteiger partial charge is 0.263 e. The van der Waals surface area contributed by atoms with Crippen LogP contribution in [0.1, 0.15) is 5.56 Å². The molecular weight excluding hydrogens is 438 g/mol. The molecule has 0 bridgehead atoms. The highest BCUT2D eigenvalue weighted by atomic mass is 79.9. The topological polar surface area (TPSA) is 83.3 Å². The van der Waals surface area contributed by atoms with Crippen LogP contribution in [-0.4, -0.2) is 26.5 Å². The molecule has 3 rings (SSSR count). The number of aromatic hydroxyl groups is 1. The number of benzene rings is 2. The third kappa shape index (κ3) is 3.95. The van der Waals surface area contributed by atoms with Gasteiger partial charge in [0.15, 0.2) is 0 Å². The number of anilines is 1. The Hall–Kier alpha value is -2.32. The third-order valence-electron chi connectivity index (χ3n) is 3.05. The minimum absolute atomic E-state index is 0.0980. The second-order valence-corrected chi connectivity index (χ2v) is 6.50. The molecule has 0 saturated heterocycles. The molecule has 2 aromatic carbocycles. The number of aromatic nitrogens is 3. The Labute approximate surface area is 154 Å². The van der Waals surface area contributed by atoms with Gasteiger partial charge in [-0.1, -0.05) is 46.3 Å². The molecule has 1 heterocycles. The Morgan fingerprint density at radius 2 is 1.92 bits per heavy atom. The van der Waals surface area contributed by atoms with E-state index in [2.05, 4.69) is 57.6 Å². The van der Waals surface area contributed by atoms with Gasteiger partial charge in [-0.15, -0.1) is 5.10 Å². The average Bonchev–Trinajstić information content (AvgIpc) is 2.60. The number of nitrogens with one attached hydrogen (secondary N) is 1. The molecular formula is C16H11Br2N5O. The van der Waals surface area contributed by atoms with Gasteiger partial charge in [-0.3, -0.25) is 0 Å². The van der Waals surface area contributed by atoms with E-state index in [1.807, 2.05) is 30.3 Å². The van der Waals surface area contributed by atoms with Crippen LogP contribution in [-0.2, 0) is 0 Å². The molecule has 3 aromatic rings. The standard InChI is InChI=1S/C16H11Br2N5O/c17-12-6-11(15(24)13(18)7-12)8-19-22-16-21-14(9-20-23-16)10-4-2-1-3-5-10/h1-9,24H,(H,21,22,23)/b19-8-. The van der Waals surface area contributed by atoms with Crippen LogP contribution >= 0.6 is 31.9 Å². The number of hydrogen-bond donors (Lipinski definition) is 2. The number of halogens is 2. The van der Waals surface area contributed by atoms with Crippen molar-refractivity contribution >= 4 is 44.0 Å². The fourth-order valence-corrected chi connectivity index (χ4v) is 3.20. The largest absolute Gasteiger partial charge is 0.506 e. The van der Waals surface area contributed by atoms with Gasteiger partial charge in [0.1, 0.15) is 5.75 Å². The molecule has 0 aliphatic rings. The highest BCUT2D eigenvalue weighted by molar-refractivity contribution is 9.11. The zero-order chi connectivity index (χ0) is 16.9. The first kappa shape index (κ1) is 16.5. The van der Waals surface area contributed by atoms with Crippen LogP contribution in [0.2, 0.25) is 0 Å². The van der Waals surface area contributed by atoms with Gasteiger partial charge in [0.25, 0.3) is 5.95 Å². The summed E-state index contributed by atoms with van der Waals surface area (Å²) < 4.78 is 1.39. The van der Waals surface area contributed by atoms with Crippen LogP contribution in [0.15, 0.2) is 62.7 Å². The quantitative estimate of drug-likeness (QED) is 0.461. The van der Waals surface area contributed by atoms with Crippen molar-refractivity contribution in [3.8, 4) is 17.0 Å². The van der Waals surface area contributed by atoms with Gasteiger partial charge in [-0.2, -0.15) is 10.2 Å². The first-order valence-electron chi connectivity index (χ1n) is 6.86. The van der Waals surface area contributed by atoms with Gasteiger partial charge >= 0.3 is 0 Å². The maximum atomic E-state index is 9.98. The Morgan fingerprint density at radius 3 is 2.71 bits per heavy atom. The van der Waals surface area contributed by atoms with E-state index in [0.29, 0.717) is 15.7 Å². The summed E-state index contributed by atoms with van der Waals surface area (Å²) in [5, 5.41) is 21.8. The van der Waals surface area contributed by atoms with E-state index in [9.17, 15) is 5.11 Å². The molecule has 0 atom stereocenters. The Morgan fingerprint density at radius 1 is 1.12 bits per heavy atom. The van der Waals surface area contributed by atoms with Gasteiger partial charge in [0.2, 0.25) is 0 Å². The van der Waals surface area contributed by atoms with Crippen LogP contribution in [0.25, 0.3) is 11.3 Å². The summed E-state index contributed by atoms with van der Waals surface area (Å²) in [6, 6.07) is 13.2. The Balaban J connectivity index is 1.78. The van der Waals surface area contributed by atoms with E-state index in [4.69, 9.17) is 0 Å².